The maximum atomic E-state index is 12.5. The Labute approximate surface area is 74.7 Å². The Balaban J connectivity index is 3.32. The van der Waals surface area contributed by atoms with Crippen molar-refractivity contribution in [3.05, 3.63) is 31.9 Å². The van der Waals surface area contributed by atoms with Crippen molar-refractivity contribution in [2.24, 2.45) is 0 Å². The molecule has 0 aliphatic carbocycles. The average Bonchev–Trinajstić information content (AvgIpc) is 1.85. The van der Waals surface area contributed by atoms with E-state index < -0.39 is 16.6 Å². The van der Waals surface area contributed by atoms with Gasteiger partial charge in [-0.15, -0.1) is 0 Å². The van der Waals surface area contributed by atoms with E-state index in [1.54, 1.807) is 22.6 Å². The normalized spacial score (nSPS) is 9.64. The largest absolute Gasteiger partial charge is 0.337 e. The van der Waals surface area contributed by atoms with Gasteiger partial charge in [0.05, 0.1) is 8.49 Å². The second-order valence-electron chi connectivity index (χ2n) is 1.69. The fraction of sp³-hybridized carbons (Fsp3) is 0. The van der Waals surface area contributed by atoms with E-state index in [1.807, 2.05) is 0 Å². The molecule has 0 aliphatic rings. The summed E-state index contributed by atoms with van der Waals surface area (Å²) in [6.07, 6.45) is 1.18. The number of hydrogen-bond donors (Lipinski definition) is 0. The molecule has 6 heteroatoms. The lowest BCUT2D eigenvalue weighted by atomic mass is 10.4. The molecule has 4 nitrogen and oxygen atoms in total. The lowest BCUT2D eigenvalue weighted by Crippen LogP contribution is -1.97. The number of rotatable bonds is 1. The zero-order valence-electron chi connectivity index (χ0n) is 5.12. The molecule has 58 valence electrons. The highest BCUT2D eigenvalue weighted by Crippen LogP contribution is 2.21. The molecule has 0 aromatic carbocycles. The van der Waals surface area contributed by atoms with Gasteiger partial charge in [0.25, 0.3) is 5.95 Å². The van der Waals surface area contributed by atoms with Crippen LogP contribution in [0, 0.1) is 19.6 Å². The van der Waals surface area contributed by atoms with E-state index in [2.05, 4.69) is 4.98 Å². The van der Waals surface area contributed by atoms with E-state index in [-0.39, 0.29) is 3.57 Å². The maximum Gasteiger partial charge on any atom is 0.337 e. The molecule has 0 fully saturated rings. The van der Waals surface area contributed by atoms with Gasteiger partial charge in [0.2, 0.25) is 0 Å². The molecular formula is C5H2FIN2O2. The van der Waals surface area contributed by atoms with Gasteiger partial charge in [0.1, 0.15) is 0 Å². The molecule has 0 N–H and O–H groups in total. The van der Waals surface area contributed by atoms with Crippen molar-refractivity contribution in [3.8, 4) is 0 Å². The second kappa shape index (κ2) is 3.07. The van der Waals surface area contributed by atoms with Crippen LogP contribution in [0.3, 0.4) is 0 Å². The van der Waals surface area contributed by atoms with E-state index >= 15 is 0 Å². The van der Waals surface area contributed by atoms with E-state index in [1.165, 1.54) is 12.3 Å². The molecule has 0 atom stereocenters. The SMILES string of the molecule is O=[N+]([O-])c1c(I)ccnc1F. The number of halogens is 2. The van der Waals surface area contributed by atoms with Gasteiger partial charge >= 0.3 is 5.69 Å². The minimum Gasteiger partial charge on any atom is -0.258 e. The first-order valence-electron chi connectivity index (χ1n) is 2.57. The van der Waals surface area contributed by atoms with Crippen molar-refractivity contribution in [1.29, 1.82) is 0 Å². The zero-order valence-corrected chi connectivity index (χ0v) is 7.28. The van der Waals surface area contributed by atoms with Crippen LogP contribution in [0.1, 0.15) is 0 Å². The minimum absolute atomic E-state index is 0.250. The average molecular weight is 268 g/mol. The molecule has 1 rings (SSSR count). The Kier molecular flexibility index (Phi) is 2.32. The van der Waals surface area contributed by atoms with E-state index in [4.69, 9.17) is 0 Å². The van der Waals surface area contributed by atoms with Gasteiger partial charge < -0.3 is 0 Å². The van der Waals surface area contributed by atoms with Crippen LogP contribution in [0.5, 0.6) is 0 Å². The van der Waals surface area contributed by atoms with Gasteiger partial charge in [-0.05, 0) is 28.7 Å². The Morgan fingerprint density at radius 2 is 2.36 bits per heavy atom. The van der Waals surface area contributed by atoms with Gasteiger partial charge in [-0.2, -0.15) is 4.39 Å². The van der Waals surface area contributed by atoms with Crippen LogP contribution in [0.25, 0.3) is 0 Å². The summed E-state index contributed by atoms with van der Waals surface area (Å²) in [6, 6.07) is 1.38. The van der Waals surface area contributed by atoms with Crippen molar-refractivity contribution in [3.63, 3.8) is 0 Å². The van der Waals surface area contributed by atoms with Gasteiger partial charge in [0.15, 0.2) is 0 Å². The van der Waals surface area contributed by atoms with Crippen LogP contribution in [-0.4, -0.2) is 9.91 Å². The molecule has 0 radical (unpaired) electrons. The number of hydrogen-bond acceptors (Lipinski definition) is 3. The summed E-state index contributed by atoms with van der Waals surface area (Å²) in [4.78, 5) is 12.5. The van der Waals surface area contributed by atoms with Crippen LogP contribution in [-0.2, 0) is 0 Å². The first-order valence-corrected chi connectivity index (χ1v) is 3.65. The summed E-state index contributed by atoms with van der Waals surface area (Å²) in [5, 5.41) is 10.2. The summed E-state index contributed by atoms with van der Waals surface area (Å²) in [7, 11) is 0. The summed E-state index contributed by atoms with van der Waals surface area (Å²) in [6.45, 7) is 0. The molecule has 0 amide bonds. The van der Waals surface area contributed by atoms with Crippen LogP contribution in [0.15, 0.2) is 12.3 Å². The Bertz CT molecular complexity index is 284. The highest BCUT2D eigenvalue weighted by molar-refractivity contribution is 14.1. The Morgan fingerprint density at radius 1 is 1.73 bits per heavy atom. The Morgan fingerprint density at radius 3 is 2.73 bits per heavy atom. The molecule has 0 unspecified atom stereocenters. The number of pyridine rings is 1. The highest BCUT2D eigenvalue weighted by Gasteiger charge is 2.18. The third kappa shape index (κ3) is 1.62. The quantitative estimate of drug-likeness (QED) is 0.337. The third-order valence-electron chi connectivity index (χ3n) is 1.01. The molecule has 1 heterocycles. The molecule has 11 heavy (non-hydrogen) atoms. The number of aromatic nitrogens is 1. The van der Waals surface area contributed by atoms with Crippen LogP contribution >= 0.6 is 22.6 Å². The number of nitro groups is 1. The molecule has 0 spiro atoms. The van der Waals surface area contributed by atoms with Crippen LogP contribution < -0.4 is 0 Å². The fourth-order valence-corrected chi connectivity index (χ4v) is 1.15. The summed E-state index contributed by atoms with van der Waals surface area (Å²) >= 11 is 1.68. The van der Waals surface area contributed by atoms with Gasteiger partial charge in [-0.3, -0.25) is 10.1 Å². The topological polar surface area (TPSA) is 56.0 Å². The lowest BCUT2D eigenvalue weighted by molar-refractivity contribution is -0.389. The molecular weight excluding hydrogens is 266 g/mol. The van der Waals surface area contributed by atoms with Crippen LogP contribution in [0.2, 0.25) is 0 Å². The smallest absolute Gasteiger partial charge is 0.258 e. The highest BCUT2D eigenvalue weighted by atomic mass is 127. The predicted octanol–water partition coefficient (Wildman–Crippen LogP) is 1.73. The van der Waals surface area contributed by atoms with Crippen molar-refractivity contribution in [2.75, 3.05) is 0 Å². The van der Waals surface area contributed by atoms with E-state index in [0.29, 0.717) is 0 Å². The molecule has 0 bridgehead atoms. The molecule has 0 saturated heterocycles. The molecule has 1 aromatic rings. The van der Waals surface area contributed by atoms with E-state index in [0.717, 1.165) is 0 Å². The van der Waals surface area contributed by atoms with Crippen LogP contribution in [0.4, 0.5) is 10.1 Å². The minimum atomic E-state index is -1.04. The second-order valence-corrected chi connectivity index (χ2v) is 2.85. The standard InChI is InChI=1S/C5H2FIN2O2/c6-5-4(9(10)11)3(7)1-2-8-5/h1-2H. The first-order chi connectivity index (χ1) is 5.13. The van der Waals surface area contributed by atoms with E-state index in [9.17, 15) is 14.5 Å². The first kappa shape index (κ1) is 8.31. The molecule has 1 aromatic heterocycles. The molecule has 0 aliphatic heterocycles. The number of nitrogens with zero attached hydrogens (tertiary/aromatic N) is 2. The summed E-state index contributed by atoms with van der Waals surface area (Å²) in [5.41, 5.74) is -0.562. The molecule has 0 saturated carbocycles. The monoisotopic (exact) mass is 268 g/mol. The van der Waals surface area contributed by atoms with Crippen molar-refractivity contribution < 1.29 is 9.31 Å². The lowest BCUT2D eigenvalue weighted by Gasteiger charge is -1.93. The van der Waals surface area contributed by atoms with Gasteiger partial charge in [-0.25, -0.2) is 4.98 Å². The Hall–Kier alpha value is -0.790. The predicted molar refractivity (Wildman–Crippen MR) is 43.6 cm³/mol. The summed E-state index contributed by atoms with van der Waals surface area (Å²) in [5.74, 6) is -1.04. The fourth-order valence-electron chi connectivity index (χ4n) is 0.569. The van der Waals surface area contributed by atoms with Crippen molar-refractivity contribution in [2.45, 2.75) is 0 Å². The summed E-state index contributed by atoms with van der Waals surface area (Å²) < 4.78 is 12.8. The van der Waals surface area contributed by atoms with Gasteiger partial charge in [-0.1, -0.05) is 0 Å². The maximum absolute atomic E-state index is 12.5. The van der Waals surface area contributed by atoms with Gasteiger partial charge in [0, 0.05) is 6.20 Å². The zero-order chi connectivity index (χ0) is 8.43. The van der Waals surface area contributed by atoms with Crippen molar-refractivity contribution >= 4 is 28.3 Å². The van der Waals surface area contributed by atoms with Crippen molar-refractivity contribution in [1.82, 2.24) is 4.98 Å². The third-order valence-corrected chi connectivity index (χ3v) is 1.88.